The van der Waals surface area contributed by atoms with Gasteiger partial charge in [-0.2, -0.15) is 0 Å². The number of aromatic nitrogens is 2. The SMILES string of the molecule is Nc1ccc2c(c1)B(O)OC2.O=S(=O)(Cl)c1cccnc1.O=S(=O)(Nc1ccc2c(c1)B(O)OC2)c1cccnc1. The van der Waals surface area contributed by atoms with Gasteiger partial charge in [0.1, 0.15) is 9.79 Å². The van der Waals surface area contributed by atoms with Crippen LogP contribution in [-0.2, 0) is 41.6 Å². The first kappa shape index (κ1) is 30.5. The molecule has 6 rings (SSSR count). The topological polar surface area (TPSA) is 191 Å². The summed E-state index contributed by atoms with van der Waals surface area (Å²) < 4.78 is 57.9. The summed E-state index contributed by atoms with van der Waals surface area (Å²) in [5, 5.41) is 18.8. The van der Waals surface area contributed by atoms with Crippen LogP contribution >= 0.6 is 10.7 Å². The van der Waals surface area contributed by atoms with Crippen LogP contribution in [0.3, 0.4) is 0 Å². The van der Waals surface area contributed by atoms with E-state index in [4.69, 9.17) is 25.7 Å². The second-order valence-corrected chi connectivity index (χ2v) is 12.9. The molecule has 0 saturated carbocycles. The maximum atomic E-state index is 12.1. The Labute approximate surface area is 241 Å². The van der Waals surface area contributed by atoms with Crippen molar-refractivity contribution in [3.63, 3.8) is 0 Å². The van der Waals surface area contributed by atoms with Crippen LogP contribution in [0.15, 0.2) is 95.2 Å². The molecule has 2 aromatic heterocycles. The van der Waals surface area contributed by atoms with E-state index in [0.29, 0.717) is 30.1 Å². The fraction of sp³-hybridized carbons (Fsp3) is 0.0833. The molecule has 0 atom stereocenters. The van der Waals surface area contributed by atoms with Gasteiger partial charge in [0, 0.05) is 46.8 Å². The monoisotopic (exact) mass is 616 g/mol. The third-order valence-electron chi connectivity index (χ3n) is 5.75. The number of hydrogen-bond donors (Lipinski definition) is 4. The molecule has 12 nitrogen and oxygen atoms in total. The Bertz CT molecular complexity index is 1720. The van der Waals surface area contributed by atoms with E-state index >= 15 is 0 Å². The quantitative estimate of drug-likeness (QED) is 0.143. The zero-order valence-corrected chi connectivity index (χ0v) is 23.6. The van der Waals surface area contributed by atoms with Crippen LogP contribution < -0.4 is 21.4 Å². The maximum absolute atomic E-state index is 12.1. The molecule has 2 aromatic carbocycles. The van der Waals surface area contributed by atoms with Crippen LogP contribution in [0, 0.1) is 0 Å². The predicted octanol–water partition coefficient (Wildman–Crippen LogP) is 0.596. The smallest absolute Gasteiger partial charge is 0.423 e. The highest BCUT2D eigenvalue weighted by Crippen LogP contribution is 2.18. The summed E-state index contributed by atoms with van der Waals surface area (Å²) in [6, 6.07) is 16.3. The number of nitrogens with zero attached hydrogens (tertiary/aromatic N) is 2. The molecule has 212 valence electrons. The summed E-state index contributed by atoms with van der Waals surface area (Å²) >= 11 is 0. The molecule has 0 amide bonds. The normalized spacial score (nSPS) is 13.7. The summed E-state index contributed by atoms with van der Waals surface area (Å²) in [6.07, 6.45) is 5.45. The molecule has 5 N–H and O–H groups in total. The minimum Gasteiger partial charge on any atom is -0.423 e. The lowest BCUT2D eigenvalue weighted by molar-refractivity contribution is 0.275. The zero-order chi connectivity index (χ0) is 29.6. The number of benzene rings is 2. The second kappa shape index (κ2) is 13.0. The number of pyridine rings is 2. The first-order valence-corrected chi connectivity index (χ1v) is 15.6. The van der Waals surface area contributed by atoms with Crippen molar-refractivity contribution in [3.8, 4) is 0 Å². The number of sulfonamides is 1. The van der Waals surface area contributed by atoms with Crippen molar-refractivity contribution in [2.75, 3.05) is 10.5 Å². The van der Waals surface area contributed by atoms with Crippen LogP contribution in [0.1, 0.15) is 11.1 Å². The van der Waals surface area contributed by atoms with Crippen molar-refractivity contribution < 1.29 is 36.2 Å². The lowest BCUT2D eigenvalue weighted by Crippen LogP contribution is -2.28. The second-order valence-electron chi connectivity index (χ2n) is 8.62. The highest BCUT2D eigenvalue weighted by Gasteiger charge is 2.28. The van der Waals surface area contributed by atoms with Crippen LogP contribution in [0.5, 0.6) is 0 Å². The highest BCUT2D eigenvalue weighted by atomic mass is 35.7. The Morgan fingerprint density at radius 3 is 1.85 bits per heavy atom. The van der Waals surface area contributed by atoms with Crippen molar-refractivity contribution in [2.24, 2.45) is 0 Å². The van der Waals surface area contributed by atoms with Crippen LogP contribution in [-0.4, -0.2) is 51.1 Å². The molecule has 2 aliphatic heterocycles. The minimum absolute atomic E-state index is 0.0247. The van der Waals surface area contributed by atoms with Gasteiger partial charge >= 0.3 is 14.2 Å². The Kier molecular flexibility index (Phi) is 9.65. The molecule has 0 radical (unpaired) electrons. The molecule has 17 heteroatoms. The fourth-order valence-electron chi connectivity index (χ4n) is 3.72. The van der Waals surface area contributed by atoms with Crippen molar-refractivity contribution in [3.05, 3.63) is 96.6 Å². The molecule has 0 aliphatic carbocycles. The molecule has 2 aliphatic rings. The van der Waals surface area contributed by atoms with Crippen molar-refractivity contribution in [2.45, 2.75) is 23.0 Å². The molecular formula is C24H23B2ClN4O8S2. The average Bonchev–Trinajstić information content (AvgIpc) is 3.51. The average molecular weight is 617 g/mol. The Hall–Kier alpha value is -3.50. The van der Waals surface area contributed by atoms with E-state index in [1.165, 1.54) is 43.0 Å². The van der Waals surface area contributed by atoms with Gasteiger partial charge in [0.2, 0.25) is 0 Å². The molecule has 4 aromatic rings. The van der Waals surface area contributed by atoms with Crippen molar-refractivity contribution in [1.82, 2.24) is 9.97 Å². The van der Waals surface area contributed by atoms with E-state index in [-0.39, 0.29) is 9.79 Å². The number of rotatable bonds is 4. The zero-order valence-electron chi connectivity index (χ0n) is 21.2. The molecule has 0 bridgehead atoms. The van der Waals surface area contributed by atoms with Crippen LogP contribution in [0.2, 0.25) is 0 Å². The lowest BCUT2D eigenvalue weighted by atomic mass is 9.79. The Morgan fingerprint density at radius 2 is 1.34 bits per heavy atom. The van der Waals surface area contributed by atoms with Crippen molar-refractivity contribution >= 4 is 66.3 Å². The Balaban J connectivity index is 0.000000156. The molecule has 41 heavy (non-hydrogen) atoms. The minimum atomic E-state index is -3.68. The van der Waals surface area contributed by atoms with Gasteiger partial charge in [0.05, 0.1) is 13.2 Å². The third-order valence-corrected chi connectivity index (χ3v) is 8.46. The number of anilines is 2. The first-order valence-electron chi connectivity index (χ1n) is 11.8. The van der Waals surface area contributed by atoms with E-state index in [0.717, 1.165) is 16.6 Å². The van der Waals surface area contributed by atoms with Gasteiger partial charge in [-0.05, 0) is 70.6 Å². The number of hydrogen-bond acceptors (Lipinski definition) is 11. The number of halogens is 1. The molecule has 0 saturated heterocycles. The fourth-order valence-corrected chi connectivity index (χ4v) is 5.44. The molecule has 0 unspecified atom stereocenters. The molecular weight excluding hydrogens is 593 g/mol. The number of nitrogens with two attached hydrogens (primary N) is 1. The van der Waals surface area contributed by atoms with Gasteiger partial charge in [-0.1, -0.05) is 12.1 Å². The number of nitrogens with one attached hydrogen (secondary N) is 1. The standard InChI is InChI=1S/C12H11BN2O4S.C7H8BNO2.C5H4ClNO2S/c16-13-12-6-10(4-3-9(12)8-19-13)15-20(17,18)11-2-1-5-14-7-11;9-6-2-1-5-4-11-8(10)7(5)3-6;6-10(8,9)5-2-1-3-7-4-5/h1-7,15-16H,8H2;1-3,10H,4,9H2;1-4H. The maximum Gasteiger partial charge on any atom is 0.491 e. The van der Waals surface area contributed by atoms with E-state index in [1.807, 2.05) is 6.07 Å². The lowest BCUT2D eigenvalue weighted by Gasteiger charge is -2.09. The molecule has 4 heterocycles. The summed E-state index contributed by atoms with van der Waals surface area (Å²) in [4.78, 5) is 7.48. The predicted molar refractivity (Wildman–Crippen MR) is 154 cm³/mol. The van der Waals surface area contributed by atoms with Gasteiger partial charge < -0.3 is 25.1 Å². The van der Waals surface area contributed by atoms with Crippen molar-refractivity contribution in [1.29, 1.82) is 0 Å². The summed E-state index contributed by atoms with van der Waals surface area (Å²) in [7, 11) is -4.08. The van der Waals surface area contributed by atoms with Gasteiger partial charge in [-0.25, -0.2) is 16.8 Å². The van der Waals surface area contributed by atoms with Gasteiger partial charge in [0.15, 0.2) is 0 Å². The van der Waals surface area contributed by atoms with E-state index in [1.54, 1.807) is 36.4 Å². The van der Waals surface area contributed by atoms with E-state index in [9.17, 15) is 26.9 Å². The van der Waals surface area contributed by atoms with Gasteiger partial charge in [-0.15, -0.1) is 0 Å². The Morgan fingerprint density at radius 1 is 0.805 bits per heavy atom. The largest absolute Gasteiger partial charge is 0.491 e. The number of fused-ring (bicyclic) bond motifs is 2. The summed E-state index contributed by atoms with van der Waals surface area (Å²) in [5.74, 6) is 0. The van der Waals surface area contributed by atoms with Gasteiger partial charge in [-0.3, -0.25) is 14.7 Å². The third kappa shape index (κ3) is 8.04. The summed E-state index contributed by atoms with van der Waals surface area (Å²) in [5.41, 5.74) is 9.80. The first-order chi connectivity index (χ1) is 19.4. The molecule has 0 spiro atoms. The van der Waals surface area contributed by atoms with Crippen LogP contribution in [0.4, 0.5) is 11.4 Å². The van der Waals surface area contributed by atoms with E-state index in [2.05, 4.69) is 14.7 Å². The van der Waals surface area contributed by atoms with E-state index < -0.39 is 33.3 Å². The summed E-state index contributed by atoms with van der Waals surface area (Å²) in [6.45, 7) is 0.808. The highest BCUT2D eigenvalue weighted by molar-refractivity contribution is 8.13. The number of nitrogen functional groups attached to an aromatic ring is 1. The van der Waals surface area contributed by atoms with Crippen LogP contribution in [0.25, 0.3) is 0 Å². The van der Waals surface area contributed by atoms with Gasteiger partial charge in [0.25, 0.3) is 19.1 Å². The molecule has 0 fully saturated rings.